The fraction of sp³-hybridized carbons (Fsp3) is 0.429. The van der Waals surface area contributed by atoms with Gasteiger partial charge in [-0.3, -0.25) is 4.79 Å². The molecule has 1 aromatic carbocycles. The van der Waals surface area contributed by atoms with E-state index in [4.69, 9.17) is 0 Å². The van der Waals surface area contributed by atoms with Crippen molar-refractivity contribution in [3.8, 4) is 5.95 Å². The first-order valence-electron chi connectivity index (χ1n) is 9.64. The number of nitrogens with one attached hydrogen (secondary N) is 1. The lowest BCUT2D eigenvalue weighted by Gasteiger charge is -2.74. The number of amides is 1. The van der Waals surface area contributed by atoms with Crippen molar-refractivity contribution < 1.29 is 14.3 Å². The molecular formula is C21H22FN5O2. The SMILES string of the molecule is Cc1nn(-c2ncc(C(=O)NC34CC(C(C)(C)O)(C3)C4)cn2)c2cc(F)ccc12. The standard InChI is InChI=1S/C21H22FN5O2/c1-12-15-5-4-14(22)6-16(15)27(26-12)18-23-7-13(8-24-18)17(28)25-21-9-20(10-21,11-21)19(2,3)29/h4-8,29H,9-11H2,1-3H3,(H,25,28). The highest BCUT2D eigenvalue weighted by molar-refractivity contribution is 5.94. The van der Waals surface area contributed by atoms with Gasteiger partial charge in [0.05, 0.1) is 22.4 Å². The highest BCUT2D eigenvalue weighted by atomic mass is 19.1. The number of carbonyl (C=O) groups is 1. The van der Waals surface area contributed by atoms with E-state index in [2.05, 4.69) is 20.4 Å². The number of carbonyl (C=O) groups excluding carboxylic acids is 1. The van der Waals surface area contributed by atoms with Crippen molar-refractivity contribution >= 4 is 16.8 Å². The Labute approximate surface area is 167 Å². The number of aromatic nitrogens is 4. The molecule has 3 aromatic rings. The zero-order chi connectivity index (χ0) is 20.6. The molecule has 150 valence electrons. The molecule has 0 aliphatic heterocycles. The number of fused-ring (bicyclic) bond motifs is 1. The quantitative estimate of drug-likeness (QED) is 0.709. The monoisotopic (exact) mass is 395 g/mol. The smallest absolute Gasteiger partial charge is 0.254 e. The molecule has 1 amide bonds. The van der Waals surface area contributed by atoms with Gasteiger partial charge in [-0.15, -0.1) is 0 Å². The molecule has 7 nitrogen and oxygen atoms in total. The zero-order valence-corrected chi connectivity index (χ0v) is 16.5. The molecule has 3 saturated carbocycles. The Morgan fingerprint density at radius 2 is 1.90 bits per heavy atom. The van der Waals surface area contributed by atoms with Crippen LogP contribution in [0.4, 0.5) is 4.39 Å². The Hall–Kier alpha value is -2.87. The molecule has 3 aliphatic carbocycles. The second kappa shape index (κ2) is 5.60. The van der Waals surface area contributed by atoms with E-state index in [9.17, 15) is 14.3 Å². The van der Waals surface area contributed by atoms with Gasteiger partial charge in [0.1, 0.15) is 5.82 Å². The summed E-state index contributed by atoms with van der Waals surface area (Å²) in [5, 5.41) is 18.6. The maximum Gasteiger partial charge on any atom is 0.254 e. The third-order valence-electron chi connectivity index (χ3n) is 6.62. The summed E-state index contributed by atoms with van der Waals surface area (Å²) in [6.07, 6.45) is 5.28. The Bertz CT molecular complexity index is 1130. The number of hydrogen-bond donors (Lipinski definition) is 2. The average molecular weight is 395 g/mol. The maximum atomic E-state index is 13.7. The molecular weight excluding hydrogens is 373 g/mol. The molecule has 6 rings (SSSR count). The van der Waals surface area contributed by atoms with Crippen LogP contribution in [0.25, 0.3) is 16.9 Å². The van der Waals surface area contributed by atoms with Gasteiger partial charge in [-0.1, -0.05) is 0 Å². The van der Waals surface area contributed by atoms with Crippen molar-refractivity contribution in [1.82, 2.24) is 25.1 Å². The van der Waals surface area contributed by atoms with Gasteiger partial charge in [-0.25, -0.2) is 14.4 Å². The molecule has 2 bridgehead atoms. The van der Waals surface area contributed by atoms with Gasteiger partial charge in [0.25, 0.3) is 11.9 Å². The molecule has 0 spiro atoms. The predicted molar refractivity (Wildman–Crippen MR) is 104 cm³/mol. The van der Waals surface area contributed by atoms with E-state index in [0.717, 1.165) is 30.3 Å². The Balaban J connectivity index is 1.34. The van der Waals surface area contributed by atoms with Gasteiger partial charge in [-0.05, 0) is 52.2 Å². The molecule has 2 N–H and O–H groups in total. The normalized spacial score (nSPS) is 25.4. The highest BCUT2D eigenvalue weighted by Crippen LogP contribution is 2.71. The van der Waals surface area contributed by atoms with Crippen LogP contribution < -0.4 is 5.32 Å². The van der Waals surface area contributed by atoms with Crippen molar-refractivity contribution in [1.29, 1.82) is 0 Å². The van der Waals surface area contributed by atoms with Crippen LogP contribution in [-0.4, -0.2) is 41.9 Å². The van der Waals surface area contributed by atoms with Gasteiger partial charge in [0, 0.05) is 34.8 Å². The summed E-state index contributed by atoms with van der Waals surface area (Å²) in [6.45, 7) is 5.50. The van der Waals surface area contributed by atoms with E-state index >= 15 is 0 Å². The molecule has 0 atom stereocenters. The van der Waals surface area contributed by atoms with Crippen LogP contribution in [0.5, 0.6) is 0 Å². The van der Waals surface area contributed by atoms with Crippen molar-refractivity contribution in [2.24, 2.45) is 5.41 Å². The number of aryl methyl sites for hydroxylation is 1. The summed E-state index contributed by atoms with van der Waals surface area (Å²) >= 11 is 0. The lowest BCUT2D eigenvalue weighted by Crippen LogP contribution is -2.79. The average Bonchev–Trinajstić information content (AvgIpc) is 2.91. The zero-order valence-electron chi connectivity index (χ0n) is 16.5. The van der Waals surface area contributed by atoms with Crippen molar-refractivity contribution in [3.63, 3.8) is 0 Å². The lowest BCUT2D eigenvalue weighted by atomic mass is 9.35. The molecule has 2 aromatic heterocycles. The third kappa shape index (κ3) is 2.58. The van der Waals surface area contributed by atoms with E-state index in [1.807, 2.05) is 20.8 Å². The highest BCUT2D eigenvalue weighted by Gasteiger charge is 2.73. The summed E-state index contributed by atoms with van der Waals surface area (Å²) in [6, 6.07) is 4.46. The van der Waals surface area contributed by atoms with Crippen molar-refractivity contribution in [2.75, 3.05) is 0 Å². The van der Waals surface area contributed by atoms with Gasteiger partial charge in [-0.2, -0.15) is 9.78 Å². The van der Waals surface area contributed by atoms with Crippen LogP contribution >= 0.6 is 0 Å². The Morgan fingerprint density at radius 3 is 2.52 bits per heavy atom. The minimum Gasteiger partial charge on any atom is -0.390 e. The molecule has 0 saturated heterocycles. The fourth-order valence-electron chi connectivity index (χ4n) is 4.83. The second-order valence-corrected chi connectivity index (χ2v) is 9.03. The number of nitrogens with zero attached hydrogens (tertiary/aromatic N) is 4. The Morgan fingerprint density at radius 1 is 1.24 bits per heavy atom. The van der Waals surface area contributed by atoms with Gasteiger partial charge in [0.2, 0.25) is 0 Å². The number of halogens is 1. The van der Waals surface area contributed by atoms with Crippen LogP contribution in [-0.2, 0) is 0 Å². The largest absolute Gasteiger partial charge is 0.390 e. The fourth-order valence-corrected chi connectivity index (χ4v) is 4.83. The summed E-state index contributed by atoms with van der Waals surface area (Å²) in [5.74, 6) is -0.318. The van der Waals surface area contributed by atoms with Gasteiger partial charge >= 0.3 is 0 Å². The topological polar surface area (TPSA) is 92.9 Å². The molecule has 29 heavy (non-hydrogen) atoms. The number of rotatable bonds is 4. The van der Waals surface area contributed by atoms with Gasteiger partial charge < -0.3 is 10.4 Å². The minimum absolute atomic E-state index is 0.0745. The van der Waals surface area contributed by atoms with Crippen LogP contribution in [0, 0.1) is 18.2 Å². The van der Waals surface area contributed by atoms with Crippen LogP contribution in [0.1, 0.15) is 49.2 Å². The van der Waals surface area contributed by atoms with Crippen molar-refractivity contribution in [3.05, 3.63) is 47.7 Å². The van der Waals surface area contributed by atoms with Crippen LogP contribution in [0.15, 0.2) is 30.6 Å². The number of benzene rings is 1. The van der Waals surface area contributed by atoms with Crippen LogP contribution in [0.2, 0.25) is 0 Å². The van der Waals surface area contributed by atoms with Crippen molar-refractivity contribution in [2.45, 2.75) is 51.2 Å². The van der Waals surface area contributed by atoms with E-state index in [1.54, 1.807) is 6.07 Å². The number of hydrogen-bond acceptors (Lipinski definition) is 5. The number of aliphatic hydroxyl groups is 1. The summed E-state index contributed by atoms with van der Waals surface area (Å²) < 4.78 is 15.1. The first kappa shape index (κ1) is 18.2. The minimum atomic E-state index is -0.728. The molecule has 2 heterocycles. The first-order chi connectivity index (χ1) is 13.6. The molecule has 8 heteroatoms. The summed E-state index contributed by atoms with van der Waals surface area (Å²) in [5.41, 5.74) is 0.654. The van der Waals surface area contributed by atoms with E-state index in [-0.39, 0.29) is 28.6 Å². The van der Waals surface area contributed by atoms with E-state index in [1.165, 1.54) is 29.2 Å². The molecule has 0 unspecified atom stereocenters. The first-order valence-corrected chi connectivity index (χ1v) is 9.64. The summed E-state index contributed by atoms with van der Waals surface area (Å²) in [7, 11) is 0. The van der Waals surface area contributed by atoms with E-state index < -0.39 is 5.60 Å². The lowest BCUT2D eigenvalue weighted by molar-refractivity contribution is -0.247. The molecule has 3 aliphatic rings. The van der Waals surface area contributed by atoms with Gasteiger partial charge in [0.15, 0.2) is 0 Å². The maximum absolute atomic E-state index is 13.7. The predicted octanol–water partition coefficient (Wildman–Crippen LogP) is 2.69. The van der Waals surface area contributed by atoms with E-state index in [0.29, 0.717) is 11.1 Å². The Kier molecular flexibility index (Phi) is 3.51. The summed E-state index contributed by atoms with van der Waals surface area (Å²) in [4.78, 5) is 21.2. The second-order valence-electron chi connectivity index (χ2n) is 9.03. The molecule has 0 radical (unpaired) electrons. The molecule has 3 fully saturated rings. The van der Waals surface area contributed by atoms with Crippen LogP contribution in [0.3, 0.4) is 0 Å². The third-order valence-corrected chi connectivity index (χ3v) is 6.62.